The highest BCUT2D eigenvalue weighted by atomic mass is 16.5. The van der Waals surface area contributed by atoms with Crippen LogP contribution in [0, 0.1) is 5.41 Å². The molecule has 1 saturated carbocycles. The van der Waals surface area contributed by atoms with E-state index in [1.54, 1.807) is 14.2 Å². The third-order valence-electron chi connectivity index (χ3n) is 4.16. The molecule has 94 valence electrons. The fourth-order valence-corrected chi connectivity index (χ4v) is 2.59. The smallest absolute Gasteiger partial charge is 0.126 e. The second kappa shape index (κ2) is 4.22. The lowest BCUT2D eigenvalue weighted by atomic mass is 9.56. The predicted molar refractivity (Wildman–Crippen MR) is 68.7 cm³/mol. The zero-order valence-corrected chi connectivity index (χ0v) is 11.0. The molecule has 1 aromatic carbocycles. The van der Waals surface area contributed by atoms with Gasteiger partial charge in [-0.25, -0.2) is 0 Å². The Bertz CT molecular complexity index is 415. The van der Waals surface area contributed by atoms with E-state index in [0.717, 1.165) is 17.9 Å². The van der Waals surface area contributed by atoms with Gasteiger partial charge in [0.05, 0.1) is 14.2 Å². The first-order chi connectivity index (χ1) is 8.00. The van der Waals surface area contributed by atoms with E-state index in [2.05, 4.69) is 19.9 Å². The molecule has 0 aliphatic heterocycles. The molecular weight excluding hydrogens is 214 g/mol. The van der Waals surface area contributed by atoms with Gasteiger partial charge in [0.2, 0.25) is 0 Å². The van der Waals surface area contributed by atoms with Crippen LogP contribution in [0.3, 0.4) is 0 Å². The standard InChI is InChI=1S/C14H21NO2/c1-14(2)11(8-13(14)15)10-6-5-9(16-3)7-12(10)17-4/h5-7,11,13H,8,15H2,1-4H3. The van der Waals surface area contributed by atoms with Crippen LogP contribution >= 0.6 is 0 Å². The van der Waals surface area contributed by atoms with Gasteiger partial charge in [-0.2, -0.15) is 0 Å². The molecular formula is C14H21NO2. The summed E-state index contributed by atoms with van der Waals surface area (Å²) in [5, 5.41) is 0. The van der Waals surface area contributed by atoms with E-state index < -0.39 is 0 Å². The number of hydrogen-bond acceptors (Lipinski definition) is 3. The van der Waals surface area contributed by atoms with Gasteiger partial charge in [-0.15, -0.1) is 0 Å². The van der Waals surface area contributed by atoms with Crippen LogP contribution in [-0.2, 0) is 0 Å². The van der Waals surface area contributed by atoms with E-state index in [1.165, 1.54) is 5.56 Å². The van der Waals surface area contributed by atoms with Crippen molar-refractivity contribution in [1.82, 2.24) is 0 Å². The molecule has 2 atom stereocenters. The molecule has 17 heavy (non-hydrogen) atoms. The van der Waals surface area contributed by atoms with Crippen molar-refractivity contribution in [1.29, 1.82) is 0 Å². The molecule has 0 aromatic heterocycles. The number of rotatable bonds is 3. The average Bonchev–Trinajstić information content (AvgIpc) is 2.35. The summed E-state index contributed by atoms with van der Waals surface area (Å²) in [7, 11) is 3.36. The van der Waals surface area contributed by atoms with Crippen LogP contribution in [-0.4, -0.2) is 20.3 Å². The Balaban J connectivity index is 2.33. The van der Waals surface area contributed by atoms with Crippen molar-refractivity contribution in [2.45, 2.75) is 32.2 Å². The molecule has 2 N–H and O–H groups in total. The Morgan fingerprint density at radius 2 is 1.94 bits per heavy atom. The summed E-state index contributed by atoms with van der Waals surface area (Å²) < 4.78 is 10.7. The molecule has 0 amide bonds. The van der Waals surface area contributed by atoms with Crippen molar-refractivity contribution >= 4 is 0 Å². The largest absolute Gasteiger partial charge is 0.497 e. The Hall–Kier alpha value is -1.22. The minimum atomic E-state index is 0.141. The molecule has 0 saturated heterocycles. The van der Waals surface area contributed by atoms with Gasteiger partial charge in [-0.3, -0.25) is 0 Å². The molecule has 0 spiro atoms. The number of benzene rings is 1. The number of hydrogen-bond donors (Lipinski definition) is 1. The summed E-state index contributed by atoms with van der Waals surface area (Å²) >= 11 is 0. The monoisotopic (exact) mass is 235 g/mol. The molecule has 2 unspecified atom stereocenters. The van der Waals surface area contributed by atoms with E-state index >= 15 is 0 Å². The van der Waals surface area contributed by atoms with Gasteiger partial charge >= 0.3 is 0 Å². The van der Waals surface area contributed by atoms with E-state index in [4.69, 9.17) is 15.2 Å². The fourth-order valence-electron chi connectivity index (χ4n) is 2.59. The van der Waals surface area contributed by atoms with Crippen LogP contribution in [0.1, 0.15) is 31.7 Å². The van der Waals surface area contributed by atoms with Gasteiger partial charge in [0.15, 0.2) is 0 Å². The second-order valence-electron chi connectivity index (χ2n) is 5.32. The first-order valence-corrected chi connectivity index (χ1v) is 5.98. The van der Waals surface area contributed by atoms with Gasteiger partial charge in [-0.05, 0) is 29.4 Å². The van der Waals surface area contributed by atoms with Crippen LogP contribution in [0.15, 0.2) is 18.2 Å². The summed E-state index contributed by atoms with van der Waals surface area (Å²) in [6.45, 7) is 4.44. The lowest BCUT2D eigenvalue weighted by Gasteiger charge is -2.51. The minimum Gasteiger partial charge on any atom is -0.497 e. The molecule has 1 aromatic rings. The maximum atomic E-state index is 6.07. The van der Waals surface area contributed by atoms with Crippen molar-refractivity contribution in [3.63, 3.8) is 0 Å². The van der Waals surface area contributed by atoms with E-state index in [-0.39, 0.29) is 11.5 Å². The summed E-state index contributed by atoms with van der Waals surface area (Å²) in [5.41, 5.74) is 7.44. The Kier molecular flexibility index (Phi) is 3.04. The maximum absolute atomic E-state index is 6.07. The van der Waals surface area contributed by atoms with E-state index in [9.17, 15) is 0 Å². The molecule has 1 aliphatic rings. The fraction of sp³-hybridized carbons (Fsp3) is 0.571. The first-order valence-electron chi connectivity index (χ1n) is 5.98. The van der Waals surface area contributed by atoms with Crippen molar-refractivity contribution in [2.24, 2.45) is 11.1 Å². The third kappa shape index (κ3) is 1.89. The Morgan fingerprint density at radius 1 is 1.24 bits per heavy atom. The SMILES string of the molecule is COc1ccc(C2CC(N)C2(C)C)c(OC)c1. The normalized spacial score (nSPS) is 26.2. The minimum absolute atomic E-state index is 0.141. The summed E-state index contributed by atoms with van der Waals surface area (Å²) in [5.74, 6) is 2.19. The van der Waals surface area contributed by atoms with Gasteiger partial charge in [0.25, 0.3) is 0 Å². The molecule has 1 fully saturated rings. The Morgan fingerprint density at radius 3 is 2.41 bits per heavy atom. The van der Waals surface area contributed by atoms with E-state index in [1.807, 2.05) is 12.1 Å². The quantitative estimate of drug-likeness (QED) is 0.875. The lowest BCUT2D eigenvalue weighted by molar-refractivity contribution is 0.0963. The molecule has 0 bridgehead atoms. The van der Waals surface area contributed by atoms with Crippen LogP contribution < -0.4 is 15.2 Å². The molecule has 3 heteroatoms. The summed E-state index contributed by atoms with van der Waals surface area (Å²) in [6, 6.07) is 6.29. The van der Waals surface area contributed by atoms with Crippen molar-refractivity contribution in [2.75, 3.05) is 14.2 Å². The highest BCUT2D eigenvalue weighted by molar-refractivity contribution is 5.45. The lowest BCUT2D eigenvalue weighted by Crippen LogP contribution is -2.52. The Labute approximate surface area is 103 Å². The number of nitrogens with two attached hydrogens (primary N) is 1. The van der Waals surface area contributed by atoms with Crippen molar-refractivity contribution in [3.8, 4) is 11.5 Å². The highest BCUT2D eigenvalue weighted by Crippen LogP contribution is 2.53. The highest BCUT2D eigenvalue weighted by Gasteiger charge is 2.47. The first kappa shape index (κ1) is 12.2. The zero-order chi connectivity index (χ0) is 12.6. The van der Waals surface area contributed by atoms with E-state index in [0.29, 0.717) is 5.92 Å². The molecule has 2 rings (SSSR count). The van der Waals surface area contributed by atoms with Crippen LogP contribution in [0.5, 0.6) is 11.5 Å². The maximum Gasteiger partial charge on any atom is 0.126 e. The summed E-state index contributed by atoms with van der Waals surface area (Å²) in [4.78, 5) is 0. The average molecular weight is 235 g/mol. The third-order valence-corrected chi connectivity index (χ3v) is 4.16. The van der Waals surface area contributed by atoms with Crippen LogP contribution in [0.25, 0.3) is 0 Å². The molecule has 1 aliphatic carbocycles. The molecule has 3 nitrogen and oxygen atoms in total. The van der Waals surface area contributed by atoms with Gasteiger partial charge in [0, 0.05) is 12.1 Å². The van der Waals surface area contributed by atoms with Crippen LogP contribution in [0.2, 0.25) is 0 Å². The molecule has 0 heterocycles. The predicted octanol–water partition coefficient (Wildman–Crippen LogP) is 2.54. The number of methoxy groups -OCH3 is 2. The van der Waals surface area contributed by atoms with Gasteiger partial charge in [0.1, 0.15) is 11.5 Å². The van der Waals surface area contributed by atoms with Gasteiger partial charge in [-0.1, -0.05) is 19.9 Å². The van der Waals surface area contributed by atoms with Crippen LogP contribution in [0.4, 0.5) is 0 Å². The van der Waals surface area contributed by atoms with Crippen molar-refractivity contribution < 1.29 is 9.47 Å². The topological polar surface area (TPSA) is 44.5 Å². The molecule has 0 radical (unpaired) electrons. The van der Waals surface area contributed by atoms with Crippen molar-refractivity contribution in [3.05, 3.63) is 23.8 Å². The van der Waals surface area contributed by atoms with Gasteiger partial charge < -0.3 is 15.2 Å². The summed E-state index contributed by atoms with van der Waals surface area (Å²) in [6.07, 6.45) is 1.02. The second-order valence-corrected chi connectivity index (χ2v) is 5.32. The zero-order valence-electron chi connectivity index (χ0n) is 11.0. The number of ether oxygens (including phenoxy) is 2.